The Kier molecular flexibility index (Phi) is 4.86. The monoisotopic (exact) mass is 345 g/mol. The van der Waals surface area contributed by atoms with Gasteiger partial charge in [-0.25, -0.2) is 0 Å². The van der Waals surface area contributed by atoms with Gasteiger partial charge in [0.1, 0.15) is 5.75 Å². The van der Waals surface area contributed by atoms with Crippen LogP contribution in [0.2, 0.25) is 0 Å². The molecule has 0 aromatic heterocycles. The fraction of sp³-hybridized carbons (Fsp3) is 0.632. The highest BCUT2D eigenvalue weighted by atomic mass is 16.7. The fourth-order valence-corrected chi connectivity index (χ4v) is 3.19. The maximum Gasteiger partial charge on any atom is 0.494 e. The number of benzene rings is 1. The van der Waals surface area contributed by atoms with Crippen molar-refractivity contribution >= 4 is 18.5 Å². The number of amides is 1. The van der Waals surface area contributed by atoms with Gasteiger partial charge in [0.15, 0.2) is 0 Å². The first-order valence-electron chi connectivity index (χ1n) is 9.02. The van der Waals surface area contributed by atoms with Crippen molar-refractivity contribution in [2.45, 2.75) is 64.7 Å². The second kappa shape index (κ2) is 6.65. The Morgan fingerprint density at radius 3 is 2.24 bits per heavy atom. The van der Waals surface area contributed by atoms with Crippen molar-refractivity contribution in [2.75, 3.05) is 6.61 Å². The van der Waals surface area contributed by atoms with Gasteiger partial charge in [-0.05, 0) is 64.1 Å². The van der Waals surface area contributed by atoms with Crippen molar-refractivity contribution in [3.05, 3.63) is 24.3 Å². The van der Waals surface area contributed by atoms with Gasteiger partial charge < -0.3 is 19.4 Å². The molecule has 1 heterocycles. The minimum absolute atomic E-state index is 0.0441. The highest BCUT2D eigenvalue weighted by molar-refractivity contribution is 6.62. The summed E-state index contributed by atoms with van der Waals surface area (Å²) in [7, 11) is -0.343. The van der Waals surface area contributed by atoms with Crippen LogP contribution in [0, 0.1) is 5.92 Å². The van der Waals surface area contributed by atoms with Crippen LogP contribution in [0.25, 0.3) is 0 Å². The zero-order valence-corrected chi connectivity index (χ0v) is 15.8. The molecule has 5 nitrogen and oxygen atoms in total. The van der Waals surface area contributed by atoms with Gasteiger partial charge in [0, 0.05) is 13.0 Å². The lowest BCUT2D eigenvalue weighted by atomic mass is 9.79. The van der Waals surface area contributed by atoms with E-state index in [1.165, 1.54) is 0 Å². The Balaban J connectivity index is 1.48. The van der Waals surface area contributed by atoms with Crippen molar-refractivity contribution in [1.82, 2.24) is 5.32 Å². The molecule has 6 heteroatoms. The molecular weight excluding hydrogens is 317 g/mol. The first-order valence-corrected chi connectivity index (χ1v) is 9.02. The van der Waals surface area contributed by atoms with E-state index in [0.29, 0.717) is 18.6 Å². The summed E-state index contributed by atoms with van der Waals surface area (Å²) in [4.78, 5) is 11.0. The molecule has 1 aliphatic carbocycles. The lowest BCUT2D eigenvalue weighted by molar-refractivity contribution is -0.120. The maximum atomic E-state index is 11.0. The van der Waals surface area contributed by atoms with E-state index < -0.39 is 0 Å². The average molecular weight is 345 g/mol. The number of ether oxygens (including phenoxy) is 1. The van der Waals surface area contributed by atoms with Crippen LogP contribution in [0.4, 0.5) is 0 Å². The van der Waals surface area contributed by atoms with Crippen molar-refractivity contribution in [3.63, 3.8) is 0 Å². The van der Waals surface area contributed by atoms with E-state index in [0.717, 1.165) is 24.1 Å². The zero-order chi connectivity index (χ0) is 18.2. The molecule has 0 spiro atoms. The molecule has 0 radical (unpaired) electrons. The summed E-state index contributed by atoms with van der Waals surface area (Å²) in [6.45, 7) is 10.5. The van der Waals surface area contributed by atoms with Gasteiger partial charge in [0.25, 0.3) is 0 Å². The van der Waals surface area contributed by atoms with Crippen LogP contribution in [0.5, 0.6) is 5.75 Å². The van der Waals surface area contributed by atoms with Crippen LogP contribution >= 0.6 is 0 Å². The first kappa shape index (κ1) is 18.3. The van der Waals surface area contributed by atoms with Gasteiger partial charge in [-0.15, -0.1) is 0 Å². The molecule has 1 N–H and O–H groups in total. The Labute approximate surface area is 150 Å². The highest BCUT2D eigenvalue weighted by Gasteiger charge is 2.51. The largest absolute Gasteiger partial charge is 0.494 e. The smallest absolute Gasteiger partial charge is 0.493 e. The third-order valence-electron chi connectivity index (χ3n) is 5.53. The number of hydrogen-bond donors (Lipinski definition) is 1. The Hall–Kier alpha value is -1.53. The summed E-state index contributed by atoms with van der Waals surface area (Å²) in [5.74, 6) is 1.41. The maximum absolute atomic E-state index is 11.0. The van der Waals surface area contributed by atoms with Crippen molar-refractivity contribution < 1.29 is 18.8 Å². The van der Waals surface area contributed by atoms with E-state index in [9.17, 15) is 4.79 Å². The molecule has 1 aromatic carbocycles. The molecule has 0 bridgehead atoms. The molecule has 0 unspecified atom stereocenters. The SMILES string of the molecule is CC(=O)NC1CC(COc2ccc(B3OC(C)(C)C(C)(C)O3)cc2)C1. The minimum atomic E-state index is -0.343. The summed E-state index contributed by atoms with van der Waals surface area (Å²) >= 11 is 0. The fourth-order valence-electron chi connectivity index (χ4n) is 3.19. The summed E-state index contributed by atoms with van der Waals surface area (Å²) in [5, 5.41) is 2.94. The van der Waals surface area contributed by atoms with Crippen LogP contribution < -0.4 is 15.5 Å². The van der Waals surface area contributed by atoms with Crippen molar-refractivity contribution in [1.29, 1.82) is 0 Å². The molecule has 25 heavy (non-hydrogen) atoms. The molecule has 1 aromatic rings. The van der Waals surface area contributed by atoms with Crippen LogP contribution in [0.3, 0.4) is 0 Å². The molecule has 0 atom stereocenters. The number of rotatable bonds is 5. The first-order chi connectivity index (χ1) is 11.7. The van der Waals surface area contributed by atoms with Crippen LogP contribution in [0.15, 0.2) is 24.3 Å². The van der Waals surface area contributed by atoms with E-state index in [-0.39, 0.29) is 24.2 Å². The molecule has 2 aliphatic rings. The molecule has 136 valence electrons. The summed E-state index contributed by atoms with van der Waals surface area (Å²) in [6.07, 6.45) is 1.98. The third-order valence-corrected chi connectivity index (χ3v) is 5.53. The van der Waals surface area contributed by atoms with E-state index in [2.05, 4.69) is 33.0 Å². The van der Waals surface area contributed by atoms with E-state index in [4.69, 9.17) is 14.0 Å². The second-order valence-electron chi connectivity index (χ2n) is 8.20. The van der Waals surface area contributed by atoms with Gasteiger partial charge in [0.05, 0.1) is 17.8 Å². The molecule has 3 rings (SSSR count). The molecule has 1 saturated carbocycles. The second-order valence-corrected chi connectivity index (χ2v) is 8.20. The van der Waals surface area contributed by atoms with Crippen LogP contribution in [0.1, 0.15) is 47.5 Å². The number of hydrogen-bond acceptors (Lipinski definition) is 4. The molecular formula is C19H28BNO4. The predicted molar refractivity (Wildman–Crippen MR) is 98.0 cm³/mol. The Morgan fingerprint density at radius 2 is 1.72 bits per heavy atom. The van der Waals surface area contributed by atoms with Crippen LogP contribution in [-0.2, 0) is 14.1 Å². The molecule has 1 saturated heterocycles. The van der Waals surface area contributed by atoms with E-state index >= 15 is 0 Å². The summed E-state index contributed by atoms with van der Waals surface area (Å²) in [5.41, 5.74) is 0.337. The van der Waals surface area contributed by atoms with Gasteiger partial charge in [-0.1, -0.05) is 12.1 Å². The Bertz CT molecular complexity index is 607. The van der Waals surface area contributed by atoms with Gasteiger partial charge in [-0.3, -0.25) is 4.79 Å². The van der Waals surface area contributed by atoms with Crippen molar-refractivity contribution in [2.24, 2.45) is 5.92 Å². The van der Waals surface area contributed by atoms with Crippen molar-refractivity contribution in [3.8, 4) is 5.75 Å². The summed E-state index contributed by atoms with van der Waals surface area (Å²) < 4.78 is 18.0. The number of carbonyl (C=O) groups is 1. The zero-order valence-electron chi connectivity index (χ0n) is 15.8. The van der Waals surface area contributed by atoms with Crippen LogP contribution in [-0.4, -0.2) is 36.9 Å². The number of carbonyl (C=O) groups excluding carboxylic acids is 1. The number of nitrogens with one attached hydrogen (secondary N) is 1. The molecule has 1 amide bonds. The van der Waals surface area contributed by atoms with E-state index in [1.54, 1.807) is 6.92 Å². The lowest BCUT2D eigenvalue weighted by Gasteiger charge is -2.35. The standard InChI is InChI=1S/C19H28BNO4/c1-13(22)21-16-10-14(11-16)12-23-17-8-6-15(7-9-17)20-24-18(2,3)19(4,5)25-20/h6-9,14,16H,10-12H2,1-5H3,(H,21,22). The minimum Gasteiger partial charge on any atom is -0.493 e. The van der Waals surface area contributed by atoms with Gasteiger partial charge in [0.2, 0.25) is 5.91 Å². The normalized spacial score (nSPS) is 26.8. The van der Waals surface area contributed by atoms with Gasteiger partial charge in [-0.2, -0.15) is 0 Å². The Morgan fingerprint density at radius 1 is 1.16 bits per heavy atom. The summed E-state index contributed by atoms with van der Waals surface area (Å²) in [6, 6.07) is 8.24. The average Bonchev–Trinajstić information content (AvgIpc) is 2.70. The lowest BCUT2D eigenvalue weighted by Crippen LogP contribution is -2.45. The predicted octanol–water partition coefficient (Wildman–Crippen LogP) is 2.28. The quantitative estimate of drug-likeness (QED) is 0.832. The van der Waals surface area contributed by atoms with E-state index in [1.807, 2.05) is 24.3 Å². The topological polar surface area (TPSA) is 56.8 Å². The molecule has 2 fully saturated rings. The van der Waals surface area contributed by atoms with Gasteiger partial charge >= 0.3 is 7.12 Å². The molecule has 1 aliphatic heterocycles. The highest BCUT2D eigenvalue weighted by Crippen LogP contribution is 2.36. The third kappa shape index (κ3) is 4.01.